The van der Waals surface area contributed by atoms with Gasteiger partial charge < -0.3 is 10.6 Å². The van der Waals surface area contributed by atoms with E-state index in [4.69, 9.17) is 5.73 Å². The van der Waals surface area contributed by atoms with Crippen molar-refractivity contribution >= 4 is 34.2 Å². The number of amides is 1. The van der Waals surface area contributed by atoms with E-state index in [1.54, 1.807) is 17.1 Å². The van der Waals surface area contributed by atoms with Crippen LogP contribution in [0.25, 0.3) is 5.69 Å². The summed E-state index contributed by atoms with van der Waals surface area (Å²) in [6.07, 6.45) is 5.43. The average molecular weight is 414 g/mol. The molecular formula is C17H22BrClN4O. The number of carbonyl (C=O) groups excluding carboxylic acids is 1. The summed E-state index contributed by atoms with van der Waals surface area (Å²) >= 11 is 3.45. The lowest BCUT2D eigenvalue weighted by Crippen LogP contribution is -2.49. The van der Waals surface area contributed by atoms with E-state index >= 15 is 0 Å². The van der Waals surface area contributed by atoms with Gasteiger partial charge in [-0.15, -0.1) is 12.4 Å². The van der Waals surface area contributed by atoms with Crippen LogP contribution in [0.5, 0.6) is 0 Å². The van der Waals surface area contributed by atoms with Crippen molar-refractivity contribution in [3.8, 4) is 5.69 Å². The molecule has 2 heterocycles. The van der Waals surface area contributed by atoms with Gasteiger partial charge in [0.05, 0.1) is 17.4 Å². The number of halogens is 2. The number of aromatic nitrogens is 2. The molecule has 0 spiro atoms. The van der Waals surface area contributed by atoms with Crippen molar-refractivity contribution in [2.45, 2.75) is 25.8 Å². The first-order valence-electron chi connectivity index (χ1n) is 7.90. The molecule has 7 heteroatoms. The van der Waals surface area contributed by atoms with Crippen molar-refractivity contribution in [2.24, 2.45) is 11.7 Å². The molecule has 0 bridgehead atoms. The Morgan fingerprint density at radius 1 is 1.46 bits per heavy atom. The van der Waals surface area contributed by atoms with Crippen molar-refractivity contribution in [3.63, 3.8) is 0 Å². The molecule has 1 fully saturated rings. The van der Waals surface area contributed by atoms with Gasteiger partial charge in [-0.05, 0) is 37.0 Å². The number of rotatable bonds is 3. The molecule has 2 unspecified atom stereocenters. The molecule has 1 aliphatic rings. The summed E-state index contributed by atoms with van der Waals surface area (Å²) < 4.78 is 2.70. The zero-order valence-electron chi connectivity index (χ0n) is 13.6. The minimum absolute atomic E-state index is 0. The summed E-state index contributed by atoms with van der Waals surface area (Å²) in [5, 5.41) is 4.33. The van der Waals surface area contributed by atoms with E-state index in [2.05, 4.69) is 28.0 Å². The van der Waals surface area contributed by atoms with E-state index < -0.39 is 0 Å². The highest BCUT2D eigenvalue weighted by Gasteiger charge is 2.30. The number of likely N-dealkylation sites (tertiary alicyclic amines) is 1. The van der Waals surface area contributed by atoms with E-state index in [9.17, 15) is 4.79 Å². The van der Waals surface area contributed by atoms with E-state index in [1.807, 2.05) is 29.2 Å². The number of hydrogen-bond acceptors (Lipinski definition) is 3. The summed E-state index contributed by atoms with van der Waals surface area (Å²) in [4.78, 5) is 14.7. The third-order valence-electron chi connectivity index (χ3n) is 4.41. The first-order valence-corrected chi connectivity index (χ1v) is 8.69. The van der Waals surface area contributed by atoms with Crippen LogP contribution in [0, 0.1) is 5.92 Å². The molecule has 2 atom stereocenters. The van der Waals surface area contributed by atoms with Crippen molar-refractivity contribution < 1.29 is 4.79 Å². The van der Waals surface area contributed by atoms with Gasteiger partial charge in [0.15, 0.2) is 0 Å². The summed E-state index contributed by atoms with van der Waals surface area (Å²) in [7, 11) is 0. The number of carbonyl (C=O) groups is 1. The van der Waals surface area contributed by atoms with Crippen LogP contribution >= 0.6 is 28.3 Å². The second-order valence-electron chi connectivity index (χ2n) is 6.17. The van der Waals surface area contributed by atoms with Crippen molar-refractivity contribution in [1.82, 2.24) is 14.7 Å². The number of hydrogen-bond donors (Lipinski definition) is 1. The van der Waals surface area contributed by atoms with Crippen LogP contribution in [0.3, 0.4) is 0 Å². The van der Waals surface area contributed by atoms with E-state index in [-0.39, 0.29) is 24.4 Å². The van der Waals surface area contributed by atoms with Crippen molar-refractivity contribution in [3.05, 3.63) is 46.7 Å². The van der Waals surface area contributed by atoms with Gasteiger partial charge in [0.1, 0.15) is 0 Å². The molecule has 1 aromatic heterocycles. The molecule has 0 radical (unpaired) electrons. The van der Waals surface area contributed by atoms with Crippen LogP contribution in [0.15, 0.2) is 41.1 Å². The summed E-state index contributed by atoms with van der Waals surface area (Å²) in [5.74, 6) is 0.644. The Labute approximate surface area is 156 Å². The fourth-order valence-electron chi connectivity index (χ4n) is 3.10. The molecule has 1 saturated heterocycles. The summed E-state index contributed by atoms with van der Waals surface area (Å²) in [6, 6.07) is 7.95. The number of piperidine rings is 1. The minimum atomic E-state index is 0. The molecular weight excluding hydrogens is 392 g/mol. The highest BCUT2D eigenvalue weighted by atomic mass is 79.9. The maximum Gasteiger partial charge on any atom is 0.257 e. The van der Waals surface area contributed by atoms with E-state index in [1.165, 1.54) is 0 Å². The lowest BCUT2D eigenvalue weighted by atomic mass is 9.92. The van der Waals surface area contributed by atoms with E-state index in [0.717, 1.165) is 29.5 Å². The Morgan fingerprint density at radius 2 is 2.25 bits per heavy atom. The molecule has 0 saturated carbocycles. The second-order valence-corrected chi connectivity index (χ2v) is 7.09. The Bertz CT molecular complexity index is 705. The zero-order chi connectivity index (χ0) is 16.4. The van der Waals surface area contributed by atoms with Crippen LogP contribution < -0.4 is 5.73 Å². The van der Waals surface area contributed by atoms with Crippen LogP contribution in [0.4, 0.5) is 0 Å². The van der Waals surface area contributed by atoms with Crippen LogP contribution in [0.2, 0.25) is 0 Å². The highest BCUT2D eigenvalue weighted by Crippen LogP contribution is 2.24. The van der Waals surface area contributed by atoms with Gasteiger partial charge in [-0.1, -0.05) is 28.9 Å². The van der Waals surface area contributed by atoms with Gasteiger partial charge in [0.2, 0.25) is 0 Å². The number of nitrogens with two attached hydrogens (primary N) is 1. The first-order chi connectivity index (χ1) is 11.1. The maximum absolute atomic E-state index is 12.8. The predicted molar refractivity (Wildman–Crippen MR) is 101 cm³/mol. The van der Waals surface area contributed by atoms with Gasteiger partial charge in [0.25, 0.3) is 5.91 Å². The summed E-state index contributed by atoms with van der Waals surface area (Å²) in [5.41, 5.74) is 7.39. The van der Waals surface area contributed by atoms with Gasteiger partial charge in [0, 0.05) is 29.8 Å². The zero-order valence-corrected chi connectivity index (χ0v) is 16.0. The minimum Gasteiger partial charge on any atom is -0.334 e. The third kappa shape index (κ3) is 3.99. The van der Waals surface area contributed by atoms with Gasteiger partial charge in [-0.25, -0.2) is 4.68 Å². The largest absolute Gasteiger partial charge is 0.334 e. The number of nitrogens with zero attached hydrogens (tertiary/aromatic N) is 3. The molecule has 1 aromatic carbocycles. The molecule has 0 aliphatic carbocycles. The molecule has 2 aromatic rings. The predicted octanol–water partition coefficient (Wildman–Crippen LogP) is 3.26. The van der Waals surface area contributed by atoms with Gasteiger partial charge in [-0.3, -0.25) is 4.79 Å². The highest BCUT2D eigenvalue weighted by molar-refractivity contribution is 9.10. The Balaban J connectivity index is 0.00000208. The third-order valence-corrected chi connectivity index (χ3v) is 4.91. The average Bonchev–Trinajstić information content (AvgIpc) is 3.04. The van der Waals surface area contributed by atoms with Crippen molar-refractivity contribution in [1.29, 1.82) is 0 Å². The molecule has 1 amide bonds. The molecule has 2 N–H and O–H groups in total. The van der Waals surface area contributed by atoms with Crippen molar-refractivity contribution in [2.75, 3.05) is 13.1 Å². The topological polar surface area (TPSA) is 64.2 Å². The fourth-order valence-corrected chi connectivity index (χ4v) is 3.49. The normalized spacial score (nSPS) is 20.5. The van der Waals surface area contributed by atoms with Gasteiger partial charge in [-0.2, -0.15) is 5.10 Å². The maximum atomic E-state index is 12.8. The lowest BCUT2D eigenvalue weighted by molar-refractivity contribution is 0.0573. The molecule has 24 heavy (non-hydrogen) atoms. The molecule has 5 nitrogen and oxygen atoms in total. The lowest BCUT2D eigenvalue weighted by Gasteiger charge is -2.37. The quantitative estimate of drug-likeness (QED) is 0.840. The Kier molecular flexibility index (Phi) is 6.43. The molecule has 1 aliphatic heterocycles. The van der Waals surface area contributed by atoms with Crippen LogP contribution in [-0.2, 0) is 0 Å². The van der Waals surface area contributed by atoms with Crippen LogP contribution in [-0.4, -0.2) is 39.7 Å². The smallest absolute Gasteiger partial charge is 0.257 e. The van der Waals surface area contributed by atoms with Gasteiger partial charge >= 0.3 is 0 Å². The molecule has 130 valence electrons. The second kappa shape index (κ2) is 8.14. The Morgan fingerprint density at radius 3 is 2.96 bits per heavy atom. The fraction of sp³-hybridized carbons (Fsp3) is 0.412. The Hall–Kier alpha value is -1.37. The monoisotopic (exact) mass is 412 g/mol. The SMILES string of the molecule is CC1CCN(C(=O)c2cnn(-c3cccc(Br)c3)c2)C(CN)C1.Cl. The standard InChI is InChI=1S/C17H21BrN4O.ClH/c1-12-5-6-21(16(7-12)9-19)17(23)13-10-20-22(11-13)15-4-2-3-14(18)8-15;/h2-4,8,10-12,16H,5-7,9,19H2,1H3;1H. The van der Waals surface area contributed by atoms with E-state index in [0.29, 0.717) is 18.0 Å². The number of benzene rings is 1. The van der Waals surface area contributed by atoms with Crippen LogP contribution in [0.1, 0.15) is 30.1 Å². The first kappa shape index (κ1) is 19.0. The summed E-state index contributed by atoms with van der Waals surface area (Å²) in [6.45, 7) is 3.50. The molecule has 3 rings (SSSR count).